The van der Waals surface area contributed by atoms with Crippen molar-refractivity contribution in [1.82, 2.24) is 14.9 Å². The Labute approximate surface area is 178 Å². The van der Waals surface area contributed by atoms with Gasteiger partial charge in [-0.3, -0.25) is 0 Å². The van der Waals surface area contributed by atoms with E-state index in [2.05, 4.69) is 10.3 Å². The number of hydrogen-bond donors (Lipinski definition) is 0. The molecule has 0 atom stereocenters. The highest BCUT2D eigenvalue weighted by molar-refractivity contribution is 6.33. The first-order valence-electron chi connectivity index (χ1n) is 8.88. The van der Waals surface area contributed by atoms with Gasteiger partial charge in [-0.25, -0.2) is 22.6 Å². The molecule has 0 aliphatic heterocycles. The summed E-state index contributed by atoms with van der Waals surface area (Å²) in [5, 5.41) is 7.74. The average molecular weight is 448 g/mol. The lowest BCUT2D eigenvalue weighted by Gasteiger charge is -2.09. The summed E-state index contributed by atoms with van der Waals surface area (Å²) < 4.78 is 53.6. The lowest BCUT2D eigenvalue weighted by atomic mass is 10.0. The first-order valence-corrected chi connectivity index (χ1v) is 9.26. The summed E-state index contributed by atoms with van der Waals surface area (Å²) in [4.78, 5) is 12.5. The van der Waals surface area contributed by atoms with Crippen LogP contribution in [0.5, 0.6) is 0 Å². The fourth-order valence-electron chi connectivity index (χ4n) is 3.18. The molecule has 0 aliphatic rings. The Bertz CT molecular complexity index is 1240. The SMILES string of the molecule is COC(=O)c1c(-c2c(F)cccc2Cl)noc1-c1cnn(-c2ccccc2)c1C(F)F. The highest BCUT2D eigenvalue weighted by Gasteiger charge is 2.33. The van der Waals surface area contributed by atoms with Crippen molar-refractivity contribution in [3.8, 4) is 28.3 Å². The van der Waals surface area contributed by atoms with Gasteiger partial charge in [0.25, 0.3) is 6.43 Å². The number of methoxy groups -OCH3 is 1. The second-order valence-corrected chi connectivity index (χ2v) is 6.72. The molecule has 2 aromatic heterocycles. The number of alkyl halides is 2. The van der Waals surface area contributed by atoms with Crippen molar-refractivity contribution < 1.29 is 27.2 Å². The van der Waals surface area contributed by atoms with Gasteiger partial charge in [0, 0.05) is 0 Å². The molecule has 2 aromatic carbocycles. The summed E-state index contributed by atoms with van der Waals surface area (Å²) in [6.07, 6.45) is -1.86. The monoisotopic (exact) mass is 447 g/mol. The average Bonchev–Trinajstić information content (AvgIpc) is 3.38. The Morgan fingerprint density at radius 2 is 1.90 bits per heavy atom. The molecule has 0 saturated carbocycles. The van der Waals surface area contributed by atoms with E-state index in [1.54, 1.807) is 30.3 Å². The number of rotatable bonds is 5. The number of nitrogens with zero attached hydrogens (tertiary/aromatic N) is 3. The Balaban J connectivity index is 1.97. The molecular weight excluding hydrogens is 435 g/mol. The minimum atomic E-state index is -2.98. The molecule has 158 valence electrons. The number of ether oxygens (including phenoxy) is 1. The fourth-order valence-corrected chi connectivity index (χ4v) is 3.43. The summed E-state index contributed by atoms with van der Waals surface area (Å²) in [5.74, 6) is -2.07. The summed E-state index contributed by atoms with van der Waals surface area (Å²) in [7, 11) is 1.09. The van der Waals surface area contributed by atoms with Gasteiger partial charge in [-0.15, -0.1) is 0 Å². The van der Waals surface area contributed by atoms with Crippen molar-refractivity contribution in [2.24, 2.45) is 0 Å². The molecule has 0 bridgehead atoms. The van der Waals surface area contributed by atoms with E-state index >= 15 is 0 Å². The molecule has 0 N–H and O–H groups in total. The third-order valence-electron chi connectivity index (χ3n) is 4.54. The largest absolute Gasteiger partial charge is 0.465 e. The molecule has 6 nitrogen and oxygen atoms in total. The molecule has 2 heterocycles. The first kappa shape index (κ1) is 20.7. The van der Waals surface area contributed by atoms with Crippen LogP contribution in [0.3, 0.4) is 0 Å². The summed E-state index contributed by atoms with van der Waals surface area (Å²) >= 11 is 6.09. The second-order valence-electron chi connectivity index (χ2n) is 6.32. The maximum Gasteiger partial charge on any atom is 0.344 e. The molecule has 0 radical (unpaired) electrons. The number of carbonyl (C=O) groups excluding carboxylic acids is 1. The predicted octanol–water partition coefficient (Wildman–Crippen LogP) is 5.71. The van der Waals surface area contributed by atoms with Gasteiger partial charge in [0.15, 0.2) is 5.76 Å². The molecule has 0 aliphatic carbocycles. The number of esters is 1. The number of hydrogen-bond acceptors (Lipinski definition) is 5. The Morgan fingerprint density at radius 1 is 1.16 bits per heavy atom. The van der Waals surface area contributed by atoms with E-state index < -0.39 is 23.9 Å². The van der Waals surface area contributed by atoms with Crippen molar-refractivity contribution in [2.45, 2.75) is 6.43 Å². The molecule has 0 amide bonds. The fraction of sp³-hybridized carbons (Fsp3) is 0.0952. The van der Waals surface area contributed by atoms with Crippen LogP contribution in [0.2, 0.25) is 5.02 Å². The zero-order valence-electron chi connectivity index (χ0n) is 15.9. The molecule has 0 spiro atoms. The number of para-hydroxylation sites is 1. The first-order chi connectivity index (χ1) is 14.9. The Hall–Kier alpha value is -3.59. The van der Waals surface area contributed by atoms with Crippen LogP contribution >= 0.6 is 11.6 Å². The molecule has 4 rings (SSSR count). The topological polar surface area (TPSA) is 70.2 Å². The van der Waals surface area contributed by atoms with Gasteiger partial charge >= 0.3 is 5.97 Å². The van der Waals surface area contributed by atoms with Crippen molar-refractivity contribution in [3.05, 3.63) is 76.8 Å². The minimum Gasteiger partial charge on any atom is -0.465 e. The molecule has 31 heavy (non-hydrogen) atoms. The van der Waals surface area contributed by atoms with E-state index in [4.69, 9.17) is 20.9 Å². The van der Waals surface area contributed by atoms with Crippen molar-refractivity contribution >= 4 is 17.6 Å². The van der Waals surface area contributed by atoms with Crippen LogP contribution in [0, 0.1) is 5.82 Å². The van der Waals surface area contributed by atoms with Crippen LogP contribution in [0.15, 0.2) is 59.3 Å². The summed E-state index contributed by atoms with van der Waals surface area (Å²) in [6.45, 7) is 0. The summed E-state index contributed by atoms with van der Waals surface area (Å²) in [5.41, 5.74) is -1.17. The van der Waals surface area contributed by atoms with E-state index in [0.717, 1.165) is 24.1 Å². The Kier molecular flexibility index (Phi) is 5.51. The van der Waals surface area contributed by atoms with Crippen LogP contribution in [0.1, 0.15) is 22.5 Å². The van der Waals surface area contributed by atoms with Gasteiger partial charge in [0.1, 0.15) is 22.8 Å². The van der Waals surface area contributed by atoms with E-state index in [1.807, 2.05) is 0 Å². The lowest BCUT2D eigenvalue weighted by Crippen LogP contribution is -2.06. The maximum absolute atomic E-state index is 14.5. The van der Waals surface area contributed by atoms with Crippen LogP contribution in [-0.4, -0.2) is 28.0 Å². The van der Waals surface area contributed by atoms with Crippen molar-refractivity contribution in [1.29, 1.82) is 0 Å². The van der Waals surface area contributed by atoms with Crippen LogP contribution in [-0.2, 0) is 4.74 Å². The molecule has 0 saturated heterocycles. The van der Waals surface area contributed by atoms with E-state index in [1.165, 1.54) is 12.1 Å². The highest BCUT2D eigenvalue weighted by atomic mass is 35.5. The predicted molar refractivity (Wildman–Crippen MR) is 106 cm³/mol. The quantitative estimate of drug-likeness (QED) is 0.366. The molecule has 4 aromatic rings. The van der Waals surface area contributed by atoms with Gasteiger partial charge < -0.3 is 9.26 Å². The normalized spacial score (nSPS) is 11.2. The zero-order valence-corrected chi connectivity index (χ0v) is 16.6. The molecule has 0 unspecified atom stereocenters. The van der Waals surface area contributed by atoms with Crippen LogP contribution in [0.4, 0.5) is 13.2 Å². The van der Waals surface area contributed by atoms with E-state index in [9.17, 15) is 18.0 Å². The van der Waals surface area contributed by atoms with Crippen molar-refractivity contribution in [2.75, 3.05) is 7.11 Å². The van der Waals surface area contributed by atoms with Gasteiger partial charge in [0.05, 0.1) is 35.1 Å². The number of benzene rings is 2. The number of carbonyl (C=O) groups is 1. The minimum absolute atomic E-state index is 0.0425. The number of aromatic nitrogens is 3. The smallest absolute Gasteiger partial charge is 0.344 e. The summed E-state index contributed by atoms with van der Waals surface area (Å²) in [6, 6.07) is 12.1. The highest BCUT2D eigenvalue weighted by Crippen LogP contribution is 2.40. The third kappa shape index (κ3) is 3.57. The molecule has 10 heteroatoms. The maximum atomic E-state index is 14.5. The van der Waals surface area contributed by atoms with Crippen LogP contribution < -0.4 is 0 Å². The number of halogens is 4. The third-order valence-corrected chi connectivity index (χ3v) is 4.85. The van der Waals surface area contributed by atoms with Crippen molar-refractivity contribution in [3.63, 3.8) is 0 Å². The molecule has 0 fully saturated rings. The van der Waals surface area contributed by atoms with Gasteiger partial charge in [0.2, 0.25) is 0 Å². The Morgan fingerprint density at radius 3 is 2.55 bits per heavy atom. The van der Waals surface area contributed by atoms with Gasteiger partial charge in [-0.1, -0.05) is 41.0 Å². The zero-order chi connectivity index (χ0) is 22.1. The van der Waals surface area contributed by atoms with E-state index in [-0.39, 0.29) is 33.2 Å². The second kappa shape index (κ2) is 8.27. The van der Waals surface area contributed by atoms with E-state index in [0.29, 0.717) is 5.69 Å². The van der Waals surface area contributed by atoms with Crippen LogP contribution in [0.25, 0.3) is 28.3 Å². The van der Waals surface area contributed by atoms with Gasteiger partial charge in [-0.05, 0) is 24.3 Å². The van der Waals surface area contributed by atoms with Gasteiger partial charge in [-0.2, -0.15) is 5.10 Å². The molecular formula is C21H13ClF3N3O3. The standard InChI is InChI=1S/C21H13ClF3N3O3/c1-30-21(29)16-17(15-13(22)8-5-9-14(15)23)27-31-19(16)12-10-26-28(18(12)20(24)25)11-6-3-2-4-7-11/h2-10,20H,1H3. The lowest BCUT2D eigenvalue weighted by molar-refractivity contribution is 0.0601.